The van der Waals surface area contributed by atoms with Crippen molar-refractivity contribution in [1.82, 2.24) is 15.0 Å². The van der Waals surface area contributed by atoms with Gasteiger partial charge in [-0.2, -0.15) is 0 Å². The molecule has 0 bridgehead atoms. The third kappa shape index (κ3) is 7.31. The SMILES string of the molecule is O=C(CCCC(=O)Nc1ccc([C@@H]2O[C@H](Cn3cnc(Cl)c3Cl)C[C@H](c3ccc(CO)cc3)O2)cc1)NO. The predicted octanol–water partition coefficient (Wildman–Crippen LogP) is 4.54. The topological polar surface area (TPSA) is 135 Å². The van der Waals surface area contributed by atoms with Crippen LogP contribution in [0.25, 0.3) is 0 Å². The molecular formula is C26H28Cl2N4O6. The maximum Gasteiger partial charge on any atom is 0.243 e. The van der Waals surface area contributed by atoms with Crippen LogP contribution >= 0.6 is 23.2 Å². The van der Waals surface area contributed by atoms with E-state index in [1.165, 1.54) is 0 Å². The van der Waals surface area contributed by atoms with E-state index < -0.39 is 12.2 Å². The number of ether oxygens (including phenoxy) is 2. The highest BCUT2D eigenvalue weighted by Gasteiger charge is 2.33. The summed E-state index contributed by atoms with van der Waals surface area (Å²) in [6.07, 6.45) is 1.41. The van der Waals surface area contributed by atoms with Crippen LogP contribution in [0.15, 0.2) is 54.9 Å². The van der Waals surface area contributed by atoms with Crippen LogP contribution in [0, 0.1) is 0 Å². The summed E-state index contributed by atoms with van der Waals surface area (Å²) in [5.41, 5.74) is 4.66. The van der Waals surface area contributed by atoms with Crippen molar-refractivity contribution in [3.8, 4) is 0 Å². The average Bonchev–Trinajstić information content (AvgIpc) is 3.25. The summed E-state index contributed by atoms with van der Waals surface area (Å²) in [6.45, 7) is 0.382. The quantitative estimate of drug-likeness (QED) is 0.210. The van der Waals surface area contributed by atoms with Crippen molar-refractivity contribution in [3.63, 3.8) is 0 Å². The van der Waals surface area contributed by atoms with Crippen molar-refractivity contribution < 1.29 is 29.4 Å². The number of nitrogens with zero attached hydrogens (tertiary/aromatic N) is 2. The molecule has 4 N–H and O–H groups in total. The lowest BCUT2D eigenvalue weighted by Crippen LogP contribution is -2.32. The summed E-state index contributed by atoms with van der Waals surface area (Å²) in [7, 11) is 0. The van der Waals surface area contributed by atoms with Crippen molar-refractivity contribution in [1.29, 1.82) is 0 Å². The summed E-state index contributed by atoms with van der Waals surface area (Å²) in [5.74, 6) is -0.773. The Morgan fingerprint density at radius 3 is 2.32 bits per heavy atom. The molecule has 0 saturated carbocycles. The van der Waals surface area contributed by atoms with E-state index in [-0.39, 0.29) is 42.7 Å². The summed E-state index contributed by atoms with van der Waals surface area (Å²) < 4.78 is 14.3. The number of rotatable bonds is 10. The molecule has 1 aromatic heterocycles. The van der Waals surface area contributed by atoms with Gasteiger partial charge in [0.1, 0.15) is 5.15 Å². The molecule has 0 radical (unpaired) electrons. The van der Waals surface area contributed by atoms with Crippen molar-refractivity contribution in [2.24, 2.45) is 0 Å². The normalized spacial score (nSPS) is 19.2. The lowest BCUT2D eigenvalue weighted by Gasteiger charge is -2.36. The molecule has 1 aliphatic rings. The molecule has 2 amide bonds. The Morgan fingerprint density at radius 2 is 1.68 bits per heavy atom. The number of carbonyl (C=O) groups is 2. The smallest absolute Gasteiger partial charge is 0.243 e. The van der Waals surface area contributed by atoms with Gasteiger partial charge in [-0.05, 0) is 29.7 Å². The van der Waals surface area contributed by atoms with Gasteiger partial charge in [0.15, 0.2) is 11.4 Å². The second-order valence-electron chi connectivity index (χ2n) is 8.89. The molecule has 1 fully saturated rings. The molecule has 0 spiro atoms. The van der Waals surface area contributed by atoms with E-state index in [0.717, 1.165) is 16.7 Å². The van der Waals surface area contributed by atoms with Crippen LogP contribution in [-0.4, -0.2) is 37.8 Å². The molecule has 3 aromatic rings. The molecule has 0 unspecified atom stereocenters. The van der Waals surface area contributed by atoms with E-state index in [1.807, 2.05) is 36.4 Å². The van der Waals surface area contributed by atoms with Crippen molar-refractivity contribution in [3.05, 3.63) is 81.9 Å². The molecule has 10 nitrogen and oxygen atoms in total. The van der Waals surface area contributed by atoms with Gasteiger partial charge in [0.05, 0.1) is 31.7 Å². The Morgan fingerprint density at radius 1 is 1.00 bits per heavy atom. The number of imidazole rings is 1. The number of nitrogens with one attached hydrogen (secondary N) is 2. The van der Waals surface area contributed by atoms with Crippen LogP contribution in [0.5, 0.6) is 0 Å². The fraction of sp³-hybridized carbons (Fsp3) is 0.346. The number of hydroxylamine groups is 1. The summed E-state index contributed by atoms with van der Waals surface area (Å²) in [4.78, 5) is 27.3. The van der Waals surface area contributed by atoms with Gasteiger partial charge in [0.25, 0.3) is 0 Å². The van der Waals surface area contributed by atoms with E-state index >= 15 is 0 Å². The standard InChI is InChI=1S/C26H28Cl2N4O6/c27-24-25(28)32(15-29-24)13-20-12-21(17-6-4-16(14-33)5-7-17)38-26(37-20)18-8-10-19(11-9-18)30-22(34)2-1-3-23(35)31-36/h4-11,15,20-21,26,33,36H,1-3,12-14H2,(H,30,34)(H,31,35)/t20-,21+,26+/m0/s1. The summed E-state index contributed by atoms with van der Waals surface area (Å²) >= 11 is 12.3. The molecule has 2 heterocycles. The average molecular weight is 563 g/mol. The number of aliphatic hydroxyl groups is 1. The first-order valence-corrected chi connectivity index (χ1v) is 12.8. The Labute approximate surface area is 229 Å². The maximum atomic E-state index is 12.2. The van der Waals surface area contributed by atoms with Crippen molar-refractivity contribution >= 4 is 40.7 Å². The molecule has 1 aliphatic heterocycles. The molecule has 12 heteroatoms. The van der Waals surface area contributed by atoms with Gasteiger partial charge in [-0.25, -0.2) is 10.5 Å². The van der Waals surface area contributed by atoms with Crippen LogP contribution in [0.3, 0.4) is 0 Å². The van der Waals surface area contributed by atoms with E-state index in [4.69, 9.17) is 37.9 Å². The Bertz CT molecular complexity index is 1240. The minimum absolute atomic E-state index is 0.0407. The van der Waals surface area contributed by atoms with Crippen LogP contribution < -0.4 is 10.8 Å². The monoisotopic (exact) mass is 562 g/mol. The van der Waals surface area contributed by atoms with Gasteiger partial charge in [-0.3, -0.25) is 14.8 Å². The van der Waals surface area contributed by atoms with E-state index in [9.17, 15) is 14.7 Å². The molecule has 2 aromatic carbocycles. The molecule has 1 saturated heterocycles. The zero-order chi connectivity index (χ0) is 27.1. The fourth-order valence-corrected chi connectivity index (χ4v) is 4.45. The third-order valence-electron chi connectivity index (χ3n) is 6.15. The molecule has 4 rings (SSSR count). The number of halogens is 2. The van der Waals surface area contributed by atoms with Gasteiger partial charge < -0.3 is 24.5 Å². The van der Waals surface area contributed by atoms with Crippen LogP contribution in [0.2, 0.25) is 10.3 Å². The number of hydrogen-bond acceptors (Lipinski definition) is 7. The lowest BCUT2D eigenvalue weighted by molar-refractivity contribution is -0.252. The van der Waals surface area contributed by atoms with Gasteiger partial charge in [-0.1, -0.05) is 59.6 Å². The second-order valence-corrected chi connectivity index (χ2v) is 9.60. The first kappa shape index (κ1) is 28.0. The van der Waals surface area contributed by atoms with Gasteiger partial charge in [0, 0.05) is 30.5 Å². The zero-order valence-corrected chi connectivity index (χ0v) is 21.9. The Balaban J connectivity index is 1.46. The number of carbonyl (C=O) groups excluding carboxylic acids is 2. The molecule has 202 valence electrons. The summed E-state index contributed by atoms with van der Waals surface area (Å²) in [5, 5.41) is 21.3. The lowest BCUT2D eigenvalue weighted by atomic mass is 10.00. The number of anilines is 1. The predicted molar refractivity (Wildman–Crippen MR) is 140 cm³/mol. The molecule has 0 aliphatic carbocycles. The number of aliphatic hydroxyl groups excluding tert-OH is 1. The third-order valence-corrected chi connectivity index (χ3v) is 6.92. The van der Waals surface area contributed by atoms with Crippen molar-refractivity contribution in [2.45, 2.75) is 57.3 Å². The molecular weight excluding hydrogens is 535 g/mol. The largest absolute Gasteiger partial charge is 0.392 e. The van der Waals surface area contributed by atoms with Crippen LogP contribution in [-0.2, 0) is 32.2 Å². The van der Waals surface area contributed by atoms with Gasteiger partial charge in [0.2, 0.25) is 11.8 Å². The first-order valence-electron chi connectivity index (χ1n) is 12.1. The number of hydrogen-bond donors (Lipinski definition) is 4. The maximum absolute atomic E-state index is 12.2. The summed E-state index contributed by atoms with van der Waals surface area (Å²) in [6, 6.07) is 14.7. The Kier molecular flexibility index (Phi) is 9.73. The minimum atomic E-state index is -0.684. The highest BCUT2D eigenvalue weighted by atomic mass is 35.5. The highest BCUT2D eigenvalue weighted by Crippen LogP contribution is 2.39. The number of benzene rings is 2. The minimum Gasteiger partial charge on any atom is -0.392 e. The molecule has 3 atom stereocenters. The van der Waals surface area contributed by atoms with Gasteiger partial charge >= 0.3 is 0 Å². The van der Waals surface area contributed by atoms with Crippen LogP contribution in [0.4, 0.5) is 5.69 Å². The fourth-order valence-electron chi connectivity index (χ4n) is 4.13. The van der Waals surface area contributed by atoms with Gasteiger partial charge in [-0.15, -0.1) is 0 Å². The highest BCUT2D eigenvalue weighted by molar-refractivity contribution is 6.40. The van der Waals surface area contributed by atoms with E-state index in [0.29, 0.717) is 30.2 Å². The number of aromatic nitrogens is 2. The van der Waals surface area contributed by atoms with Crippen molar-refractivity contribution in [2.75, 3.05) is 5.32 Å². The van der Waals surface area contributed by atoms with E-state index in [2.05, 4.69) is 10.3 Å². The zero-order valence-electron chi connectivity index (χ0n) is 20.3. The Hall–Kier alpha value is -2.99. The second kappa shape index (κ2) is 13.2. The van der Waals surface area contributed by atoms with Crippen LogP contribution in [0.1, 0.15) is 54.8 Å². The molecule has 38 heavy (non-hydrogen) atoms. The first-order chi connectivity index (χ1) is 18.4. The number of amides is 2. The van der Waals surface area contributed by atoms with E-state index in [1.54, 1.807) is 28.5 Å².